The Morgan fingerprint density at radius 3 is 2.81 bits per heavy atom. The number of aromatic nitrogens is 2. The maximum atomic E-state index is 6.26. The minimum Gasteiger partial charge on any atom is -0.494 e. The van der Waals surface area contributed by atoms with Crippen molar-refractivity contribution in [1.29, 1.82) is 0 Å². The number of anilines is 1. The third kappa shape index (κ3) is 3.29. The van der Waals surface area contributed by atoms with E-state index in [4.69, 9.17) is 21.4 Å². The smallest absolute Gasteiger partial charge is 0.144 e. The first-order valence-electron chi connectivity index (χ1n) is 8.99. The second-order valence-electron chi connectivity index (χ2n) is 6.55. The van der Waals surface area contributed by atoms with Crippen LogP contribution in [0, 0.1) is 0 Å². The molecule has 0 saturated heterocycles. The zero-order valence-electron chi connectivity index (χ0n) is 14.8. The highest BCUT2D eigenvalue weighted by atomic mass is 35.5. The maximum Gasteiger partial charge on any atom is 0.144 e. The van der Waals surface area contributed by atoms with Gasteiger partial charge in [-0.3, -0.25) is 0 Å². The van der Waals surface area contributed by atoms with Gasteiger partial charge in [-0.05, 0) is 43.0 Å². The largest absolute Gasteiger partial charge is 0.494 e. The summed E-state index contributed by atoms with van der Waals surface area (Å²) in [7, 11) is 1.67. The van der Waals surface area contributed by atoms with Crippen molar-refractivity contribution in [2.24, 2.45) is 0 Å². The predicted molar refractivity (Wildman–Crippen MR) is 106 cm³/mol. The molecule has 1 aliphatic rings. The molecular formula is C21H22ClN3O. The Hall–Kier alpha value is -2.46. The third-order valence-corrected chi connectivity index (χ3v) is 5.03. The molecule has 1 N–H and O–H groups in total. The van der Waals surface area contributed by atoms with E-state index < -0.39 is 0 Å². The first-order valence-corrected chi connectivity index (χ1v) is 9.36. The van der Waals surface area contributed by atoms with Gasteiger partial charge in [-0.25, -0.2) is 4.68 Å². The second kappa shape index (κ2) is 7.42. The lowest BCUT2D eigenvalue weighted by atomic mass is 10.0. The molecule has 0 fully saturated rings. The van der Waals surface area contributed by atoms with Crippen LogP contribution in [0.3, 0.4) is 0 Å². The van der Waals surface area contributed by atoms with Crippen LogP contribution in [0.25, 0.3) is 5.69 Å². The number of fused-ring (bicyclic) bond motifs is 1. The van der Waals surface area contributed by atoms with Crippen molar-refractivity contribution in [3.05, 3.63) is 70.4 Å². The van der Waals surface area contributed by atoms with Gasteiger partial charge in [0.15, 0.2) is 0 Å². The van der Waals surface area contributed by atoms with Gasteiger partial charge in [0.05, 0.1) is 12.8 Å². The molecule has 2 aromatic carbocycles. The molecule has 3 aromatic rings. The Bertz CT molecular complexity index is 905. The van der Waals surface area contributed by atoms with E-state index in [0.717, 1.165) is 48.8 Å². The van der Waals surface area contributed by atoms with Gasteiger partial charge in [-0.2, -0.15) is 5.10 Å². The lowest BCUT2D eigenvalue weighted by Gasteiger charge is -2.13. The van der Waals surface area contributed by atoms with Crippen LogP contribution in [0.15, 0.2) is 48.5 Å². The Morgan fingerprint density at radius 2 is 2.00 bits per heavy atom. The normalized spacial score (nSPS) is 13.6. The molecule has 1 aromatic heterocycles. The number of nitrogens with zero attached hydrogens (tertiary/aromatic N) is 2. The lowest BCUT2D eigenvalue weighted by molar-refractivity contribution is 0.412. The Balaban J connectivity index is 1.84. The topological polar surface area (TPSA) is 39.1 Å². The summed E-state index contributed by atoms with van der Waals surface area (Å²) in [5.74, 6) is 1.83. The summed E-state index contributed by atoms with van der Waals surface area (Å²) in [5, 5.41) is 9.20. The maximum absolute atomic E-state index is 6.26. The molecule has 5 heteroatoms. The van der Waals surface area contributed by atoms with Crippen molar-refractivity contribution in [2.45, 2.75) is 25.7 Å². The molecule has 134 valence electrons. The minimum atomic E-state index is 0.670. The minimum absolute atomic E-state index is 0.670. The average molecular weight is 368 g/mol. The molecule has 2 heterocycles. The van der Waals surface area contributed by atoms with E-state index in [2.05, 4.69) is 29.6 Å². The highest BCUT2D eigenvalue weighted by Crippen LogP contribution is 2.34. The number of hydrogen-bond donors (Lipinski definition) is 1. The van der Waals surface area contributed by atoms with Gasteiger partial charge < -0.3 is 10.1 Å². The number of ether oxygens (including phenoxy) is 1. The van der Waals surface area contributed by atoms with Gasteiger partial charge in [-0.1, -0.05) is 41.9 Å². The van der Waals surface area contributed by atoms with Crippen LogP contribution in [0.4, 0.5) is 5.82 Å². The second-order valence-corrected chi connectivity index (χ2v) is 6.98. The van der Waals surface area contributed by atoms with Gasteiger partial charge in [0.2, 0.25) is 0 Å². The molecule has 0 unspecified atom stereocenters. The number of benzene rings is 2. The first-order chi connectivity index (χ1) is 12.8. The van der Waals surface area contributed by atoms with Crippen LogP contribution in [-0.4, -0.2) is 23.4 Å². The molecule has 4 nitrogen and oxygen atoms in total. The van der Waals surface area contributed by atoms with Crippen LogP contribution >= 0.6 is 11.6 Å². The van der Waals surface area contributed by atoms with Crippen LogP contribution in [-0.2, 0) is 12.8 Å². The number of hydrogen-bond acceptors (Lipinski definition) is 3. The molecule has 26 heavy (non-hydrogen) atoms. The molecule has 0 aliphatic carbocycles. The summed E-state index contributed by atoms with van der Waals surface area (Å²) >= 11 is 6.26. The standard InChI is InChI=1S/C21H22ClN3O/c1-26-20-11-10-16(22)14-19(20)25-21-17(9-5-6-12-23-21)18(24-25)13-15-7-3-2-4-8-15/h2-4,7-8,10-11,14,23H,5-6,9,12-13H2,1H3. The van der Waals surface area contributed by atoms with Crippen LogP contribution < -0.4 is 10.1 Å². The number of nitrogens with one attached hydrogen (secondary N) is 1. The molecule has 0 bridgehead atoms. The molecule has 1 aliphatic heterocycles. The summed E-state index contributed by atoms with van der Waals surface area (Å²) < 4.78 is 7.52. The first kappa shape index (κ1) is 17.0. The SMILES string of the molecule is COc1ccc(Cl)cc1-n1nc(Cc2ccccc2)c2c1NCCCC2. The number of rotatable bonds is 4. The summed E-state index contributed by atoms with van der Waals surface area (Å²) in [6, 6.07) is 16.1. The van der Waals surface area contributed by atoms with E-state index in [1.807, 2.05) is 28.9 Å². The van der Waals surface area contributed by atoms with Crippen molar-refractivity contribution < 1.29 is 4.74 Å². The predicted octanol–water partition coefficient (Wildman–Crippen LogP) is 4.87. The van der Waals surface area contributed by atoms with Gasteiger partial charge >= 0.3 is 0 Å². The Morgan fingerprint density at radius 1 is 1.15 bits per heavy atom. The zero-order chi connectivity index (χ0) is 17.9. The summed E-state index contributed by atoms with van der Waals surface area (Å²) in [6.07, 6.45) is 4.18. The number of methoxy groups -OCH3 is 1. The van der Waals surface area contributed by atoms with Crippen LogP contribution in [0.1, 0.15) is 29.7 Å². The Kier molecular flexibility index (Phi) is 4.85. The van der Waals surface area contributed by atoms with Crippen LogP contribution in [0.5, 0.6) is 5.75 Å². The summed E-state index contributed by atoms with van der Waals surface area (Å²) in [4.78, 5) is 0. The molecule has 4 rings (SSSR count). The fraction of sp³-hybridized carbons (Fsp3) is 0.286. The lowest BCUT2D eigenvalue weighted by Crippen LogP contribution is -2.08. The fourth-order valence-electron chi connectivity index (χ4n) is 3.51. The average Bonchev–Trinajstić information content (AvgIpc) is 2.83. The Labute approximate surface area is 158 Å². The van der Waals surface area contributed by atoms with Gasteiger partial charge in [-0.15, -0.1) is 0 Å². The van der Waals surface area contributed by atoms with Crippen molar-refractivity contribution >= 4 is 17.4 Å². The highest BCUT2D eigenvalue weighted by Gasteiger charge is 2.22. The van der Waals surface area contributed by atoms with E-state index in [0.29, 0.717) is 5.02 Å². The van der Waals surface area contributed by atoms with Gasteiger partial charge in [0.1, 0.15) is 17.3 Å². The summed E-state index contributed by atoms with van der Waals surface area (Å²) in [6.45, 7) is 0.951. The third-order valence-electron chi connectivity index (χ3n) is 4.80. The van der Waals surface area contributed by atoms with Gasteiger partial charge in [0, 0.05) is 23.6 Å². The molecule has 0 saturated carbocycles. The molecular weight excluding hydrogens is 346 g/mol. The molecule has 0 atom stereocenters. The van der Waals surface area contributed by atoms with E-state index >= 15 is 0 Å². The van der Waals surface area contributed by atoms with Crippen molar-refractivity contribution in [3.8, 4) is 11.4 Å². The van der Waals surface area contributed by atoms with E-state index in [-0.39, 0.29) is 0 Å². The number of halogens is 1. The zero-order valence-corrected chi connectivity index (χ0v) is 15.6. The quantitative estimate of drug-likeness (QED) is 0.714. The molecule has 0 amide bonds. The van der Waals surface area contributed by atoms with E-state index in [9.17, 15) is 0 Å². The summed E-state index contributed by atoms with van der Waals surface area (Å²) in [5.41, 5.74) is 4.54. The fourth-order valence-corrected chi connectivity index (χ4v) is 3.67. The van der Waals surface area contributed by atoms with E-state index in [1.54, 1.807) is 7.11 Å². The molecule has 0 radical (unpaired) electrons. The van der Waals surface area contributed by atoms with Crippen molar-refractivity contribution in [3.63, 3.8) is 0 Å². The van der Waals surface area contributed by atoms with Gasteiger partial charge in [0.25, 0.3) is 0 Å². The van der Waals surface area contributed by atoms with E-state index in [1.165, 1.54) is 17.5 Å². The molecule has 0 spiro atoms. The van der Waals surface area contributed by atoms with Crippen molar-refractivity contribution in [2.75, 3.05) is 19.0 Å². The van der Waals surface area contributed by atoms with Crippen LogP contribution in [0.2, 0.25) is 5.02 Å². The highest BCUT2D eigenvalue weighted by molar-refractivity contribution is 6.30. The monoisotopic (exact) mass is 367 g/mol. The van der Waals surface area contributed by atoms with Crippen molar-refractivity contribution in [1.82, 2.24) is 9.78 Å².